The molecule has 1 aromatic carbocycles. The molecule has 0 radical (unpaired) electrons. The molecule has 0 N–H and O–H groups in total. The fourth-order valence-corrected chi connectivity index (χ4v) is 1.09. The lowest BCUT2D eigenvalue weighted by atomic mass is 10.0. The van der Waals surface area contributed by atoms with Crippen molar-refractivity contribution in [1.29, 1.82) is 0 Å². The second kappa shape index (κ2) is 12.3. The molecular weight excluding hydrogens is 192 g/mol. The van der Waals surface area contributed by atoms with Crippen molar-refractivity contribution in [3.8, 4) is 0 Å². The van der Waals surface area contributed by atoms with Gasteiger partial charge in [0.2, 0.25) is 0 Å². The van der Waals surface area contributed by atoms with Crippen LogP contribution in [0.4, 0.5) is 0 Å². The molecule has 0 aromatic heterocycles. The number of hydrogen-bond acceptors (Lipinski definition) is 0. The van der Waals surface area contributed by atoms with E-state index in [1.807, 2.05) is 13.8 Å². The van der Waals surface area contributed by atoms with Crippen molar-refractivity contribution in [2.24, 2.45) is 11.8 Å². The van der Waals surface area contributed by atoms with Gasteiger partial charge in [0.15, 0.2) is 0 Å². The summed E-state index contributed by atoms with van der Waals surface area (Å²) < 4.78 is 0. The van der Waals surface area contributed by atoms with Gasteiger partial charge in [0.1, 0.15) is 0 Å². The van der Waals surface area contributed by atoms with Crippen molar-refractivity contribution in [3.05, 3.63) is 35.9 Å². The highest BCUT2D eigenvalue weighted by atomic mass is 14.0. The van der Waals surface area contributed by atoms with Crippen LogP contribution >= 0.6 is 0 Å². The highest BCUT2D eigenvalue weighted by Gasteiger charge is 1.94. The number of rotatable bonds is 2. The Morgan fingerprint density at radius 2 is 1.19 bits per heavy atom. The minimum Gasteiger partial charge on any atom is -0.0683 e. The molecule has 0 amide bonds. The first-order valence-electron chi connectivity index (χ1n) is 6.56. The molecule has 0 unspecified atom stereocenters. The van der Waals surface area contributed by atoms with E-state index in [1.165, 1.54) is 12.0 Å². The molecule has 0 spiro atoms. The van der Waals surface area contributed by atoms with E-state index in [2.05, 4.69) is 65.0 Å². The normalized spacial score (nSPS) is 9.06. The van der Waals surface area contributed by atoms with Gasteiger partial charge >= 0.3 is 0 Å². The average Bonchev–Trinajstić information content (AvgIpc) is 2.20. The Hall–Kier alpha value is -0.780. The van der Waals surface area contributed by atoms with Crippen LogP contribution < -0.4 is 0 Å². The lowest BCUT2D eigenvalue weighted by molar-refractivity contribution is 0.647. The molecule has 1 aromatic rings. The molecule has 94 valence electrons. The molecule has 16 heavy (non-hydrogen) atoms. The zero-order chi connectivity index (χ0) is 13.0. The summed E-state index contributed by atoms with van der Waals surface area (Å²) in [6.45, 7) is 15.0. The molecule has 0 fully saturated rings. The highest BCUT2D eigenvalue weighted by molar-refractivity contribution is 5.14. The monoisotopic (exact) mass is 222 g/mol. The summed E-state index contributed by atoms with van der Waals surface area (Å²) in [5.74, 6) is 1.60. The van der Waals surface area contributed by atoms with Crippen molar-refractivity contribution < 1.29 is 0 Å². The quantitative estimate of drug-likeness (QED) is 0.613. The van der Waals surface area contributed by atoms with Crippen LogP contribution in [0.1, 0.15) is 54.0 Å². The smallest absolute Gasteiger partial charge is 0.0256 e. The van der Waals surface area contributed by atoms with Crippen molar-refractivity contribution >= 4 is 0 Å². The third-order valence-electron chi connectivity index (χ3n) is 1.49. The zero-order valence-corrected chi connectivity index (χ0v) is 12.2. The van der Waals surface area contributed by atoms with E-state index in [-0.39, 0.29) is 0 Å². The van der Waals surface area contributed by atoms with Gasteiger partial charge in [0, 0.05) is 0 Å². The van der Waals surface area contributed by atoms with Gasteiger partial charge in [-0.3, -0.25) is 0 Å². The molecular formula is C16H30. The molecule has 0 aliphatic rings. The molecule has 0 heterocycles. The van der Waals surface area contributed by atoms with E-state index in [0.717, 1.165) is 11.8 Å². The van der Waals surface area contributed by atoms with Crippen LogP contribution in [-0.2, 0) is 6.42 Å². The van der Waals surface area contributed by atoms with Crippen molar-refractivity contribution in [2.75, 3.05) is 0 Å². The summed E-state index contributed by atoms with van der Waals surface area (Å²) in [4.78, 5) is 0. The van der Waals surface area contributed by atoms with E-state index in [1.54, 1.807) is 0 Å². The number of benzene rings is 1. The van der Waals surface area contributed by atoms with E-state index in [0.29, 0.717) is 0 Å². The summed E-state index contributed by atoms with van der Waals surface area (Å²) in [5, 5.41) is 0. The zero-order valence-electron chi connectivity index (χ0n) is 12.2. The maximum atomic E-state index is 2.24. The topological polar surface area (TPSA) is 0 Å². The minimum absolute atomic E-state index is 0.766. The van der Waals surface area contributed by atoms with Crippen LogP contribution in [0.2, 0.25) is 0 Å². The maximum Gasteiger partial charge on any atom is -0.0256 e. The van der Waals surface area contributed by atoms with Gasteiger partial charge in [0.25, 0.3) is 0 Å². The van der Waals surface area contributed by atoms with Gasteiger partial charge < -0.3 is 0 Å². The average molecular weight is 222 g/mol. The summed E-state index contributed by atoms with van der Waals surface area (Å²) in [6, 6.07) is 10.6. The third kappa shape index (κ3) is 15.7. The van der Waals surface area contributed by atoms with Crippen LogP contribution in [0, 0.1) is 11.8 Å². The largest absolute Gasteiger partial charge is 0.0683 e. The fourth-order valence-electron chi connectivity index (χ4n) is 1.09. The first-order chi connectivity index (χ1) is 7.52. The Kier molecular flexibility index (Phi) is 13.5. The molecule has 0 aliphatic heterocycles. The van der Waals surface area contributed by atoms with Gasteiger partial charge in [-0.1, -0.05) is 78.8 Å². The van der Waals surface area contributed by atoms with Gasteiger partial charge in [-0.05, 0) is 23.8 Å². The molecule has 0 saturated carbocycles. The second-order valence-electron chi connectivity index (χ2n) is 4.82. The Morgan fingerprint density at radius 1 is 0.812 bits per heavy atom. The lowest BCUT2D eigenvalue weighted by Gasteiger charge is -2.02. The van der Waals surface area contributed by atoms with E-state index in [9.17, 15) is 0 Å². The summed E-state index contributed by atoms with van der Waals surface area (Å²) >= 11 is 0. The van der Waals surface area contributed by atoms with Crippen LogP contribution in [0.3, 0.4) is 0 Å². The SMILES string of the molecule is CC.CC(C)C.CC(C)Cc1ccccc1. The molecule has 0 nitrogen and oxygen atoms in total. The predicted octanol–water partition coefficient (Wildman–Crippen LogP) is 5.57. The first-order valence-corrected chi connectivity index (χ1v) is 6.56. The van der Waals surface area contributed by atoms with E-state index < -0.39 is 0 Å². The summed E-state index contributed by atoms with van der Waals surface area (Å²) in [6.07, 6.45) is 1.20. The Balaban J connectivity index is 0. The Bertz CT molecular complexity index is 206. The van der Waals surface area contributed by atoms with Gasteiger partial charge in [0.05, 0.1) is 0 Å². The molecule has 1 rings (SSSR count). The molecule has 0 heteroatoms. The van der Waals surface area contributed by atoms with Crippen molar-refractivity contribution in [2.45, 2.75) is 54.9 Å². The van der Waals surface area contributed by atoms with Crippen LogP contribution in [0.15, 0.2) is 30.3 Å². The van der Waals surface area contributed by atoms with Gasteiger partial charge in [-0.25, -0.2) is 0 Å². The molecule has 0 bridgehead atoms. The van der Waals surface area contributed by atoms with E-state index >= 15 is 0 Å². The van der Waals surface area contributed by atoms with Crippen molar-refractivity contribution in [1.82, 2.24) is 0 Å². The van der Waals surface area contributed by atoms with E-state index in [4.69, 9.17) is 0 Å². The molecule has 0 aliphatic carbocycles. The van der Waals surface area contributed by atoms with Crippen LogP contribution in [0.5, 0.6) is 0 Å². The summed E-state index contributed by atoms with van der Waals surface area (Å²) in [5.41, 5.74) is 1.44. The second-order valence-corrected chi connectivity index (χ2v) is 4.82. The fraction of sp³-hybridized carbons (Fsp3) is 0.625. The predicted molar refractivity (Wildman–Crippen MR) is 76.8 cm³/mol. The van der Waals surface area contributed by atoms with Crippen LogP contribution in [-0.4, -0.2) is 0 Å². The standard InChI is InChI=1S/C10H14.C4H10.C2H6/c1-9(2)8-10-6-4-3-5-7-10;1-4(2)3;1-2/h3-7,9H,8H2,1-2H3;4H,1-3H3;1-2H3. The lowest BCUT2D eigenvalue weighted by Crippen LogP contribution is -1.92. The summed E-state index contributed by atoms with van der Waals surface area (Å²) in [7, 11) is 0. The number of hydrogen-bond donors (Lipinski definition) is 0. The Labute approximate surface area is 103 Å². The first kappa shape index (κ1) is 17.6. The minimum atomic E-state index is 0.766. The highest BCUT2D eigenvalue weighted by Crippen LogP contribution is 2.05. The molecule has 0 saturated heterocycles. The van der Waals surface area contributed by atoms with Gasteiger partial charge in [-0.15, -0.1) is 0 Å². The maximum absolute atomic E-state index is 2.24. The third-order valence-corrected chi connectivity index (χ3v) is 1.49. The Morgan fingerprint density at radius 3 is 1.50 bits per heavy atom. The van der Waals surface area contributed by atoms with Gasteiger partial charge in [-0.2, -0.15) is 0 Å². The molecule has 0 atom stereocenters. The van der Waals surface area contributed by atoms with Crippen molar-refractivity contribution in [3.63, 3.8) is 0 Å². The van der Waals surface area contributed by atoms with Crippen LogP contribution in [0.25, 0.3) is 0 Å².